The minimum absolute atomic E-state index is 0.437. The predicted molar refractivity (Wildman–Crippen MR) is 76.3 cm³/mol. The number of guanidine groups is 1. The monoisotopic (exact) mass is 245 g/mol. The second kappa shape index (κ2) is 6.43. The molecular weight excluding hydrogens is 222 g/mol. The molecule has 3 N–H and O–H groups in total. The van der Waals surface area contributed by atoms with Crippen molar-refractivity contribution in [1.29, 1.82) is 0 Å². The first-order chi connectivity index (χ1) is 8.75. The molecule has 1 fully saturated rings. The minimum atomic E-state index is 0.437. The molecule has 1 aromatic carbocycles. The van der Waals surface area contributed by atoms with Crippen LogP contribution in [0.15, 0.2) is 35.3 Å². The zero-order chi connectivity index (χ0) is 12.8. The molecule has 18 heavy (non-hydrogen) atoms. The molecule has 0 bridgehead atoms. The number of aliphatic imine (C=N–C) groups is 1. The van der Waals surface area contributed by atoms with Gasteiger partial charge in [-0.25, -0.2) is 4.99 Å². The van der Waals surface area contributed by atoms with E-state index in [1.807, 2.05) is 18.2 Å². The van der Waals surface area contributed by atoms with E-state index in [1.165, 1.54) is 31.2 Å². The molecule has 3 nitrogen and oxygen atoms in total. The van der Waals surface area contributed by atoms with Crippen molar-refractivity contribution in [2.45, 2.75) is 45.2 Å². The Labute approximate surface area is 109 Å². The number of benzene rings is 1. The standard InChI is InChI=1S/C15H23N3/c1-12(14-9-5-6-10-14)18-15(16)17-11-13-7-3-2-4-8-13/h2-4,7-8,12,14H,5-6,9-11H2,1H3,(H3,16,17,18)/t12-/m1/s1. The topological polar surface area (TPSA) is 50.4 Å². The lowest BCUT2D eigenvalue weighted by atomic mass is 10.0. The Morgan fingerprint density at radius 2 is 2.00 bits per heavy atom. The van der Waals surface area contributed by atoms with Crippen LogP contribution in [-0.4, -0.2) is 12.0 Å². The van der Waals surface area contributed by atoms with Gasteiger partial charge < -0.3 is 11.1 Å². The summed E-state index contributed by atoms with van der Waals surface area (Å²) >= 11 is 0. The molecule has 0 amide bonds. The van der Waals surface area contributed by atoms with Crippen LogP contribution in [0.1, 0.15) is 38.2 Å². The zero-order valence-corrected chi connectivity index (χ0v) is 11.1. The second-order valence-corrected chi connectivity index (χ2v) is 5.16. The van der Waals surface area contributed by atoms with E-state index in [-0.39, 0.29) is 0 Å². The summed E-state index contributed by atoms with van der Waals surface area (Å²) in [4.78, 5) is 4.39. The third-order valence-corrected chi connectivity index (χ3v) is 3.76. The summed E-state index contributed by atoms with van der Waals surface area (Å²) < 4.78 is 0. The molecule has 0 heterocycles. The summed E-state index contributed by atoms with van der Waals surface area (Å²) in [5.41, 5.74) is 7.12. The summed E-state index contributed by atoms with van der Waals surface area (Å²) in [6.07, 6.45) is 5.36. The van der Waals surface area contributed by atoms with Gasteiger partial charge in [0.15, 0.2) is 5.96 Å². The van der Waals surface area contributed by atoms with E-state index < -0.39 is 0 Å². The van der Waals surface area contributed by atoms with Crippen molar-refractivity contribution in [2.24, 2.45) is 16.6 Å². The van der Waals surface area contributed by atoms with Crippen LogP contribution in [0.4, 0.5) is 0 Å². The van der Waals surface area contributed by atoms with E-state index in [2.05, 4.69) is 29.4 Å². The lowest BCUT2D eigenvalue weighted by Crippen LogP contribution is -2.41. The Bertz CT molecular complexity index is 380. The van der Waals surface area contributed by atoms with Crippen molar-refractivity contribution in [1.82, 2.24) is 5.32 Å². The molecule has 0 saturated heterocycles. The van der Waals surface area contributed by atoms with E-state index in [1.54, 1.807) is 0 Å². The number of hydrogen-bond acceptors (Lipinski definition) is 1. The van der Waals surface area contributed by atoms with Gasteiger partial charge in [-0.2, -0.15) is 0 Å². The fourth-order valence-electron chi connectivity index (χ4n) is 2.61. The molecule has 1 aromatic rings. The lowest BCUT2D eigenvalue weighted by Gasteiger charge is -2.20. The van der Waals surface area contributed by atoms with Crippen LogP contribution in [0, 0.1) is 5.92 Å². The Hall–Kier alpha value is -1.51. The Morgan fingerprint density at radius 3 is 2.67 bits per heavy atom. The number of hydrogen-bond donors (Lipinski definition) is 2. The van der Waals surface area contributed by atoms with E-state index in [9.17, 15) is 0 Å². The molecule has 3 heteroatoms. The highest BCUT2D eigenvalue weighted by molar-refractivity contribution is 5.78. The fourth-order valence-corrected chi connectivity index (χ4v) is 2.61. The summed E-state index contributed by atoms with van der Waals surface area (Å²) in [7, 11) is 0. The minimum Gasteiger partial charge on any atom is -0.370 e. The van der Waals surface area contributed by atoms with Crippen LogP contribution < -0.4 is 11.1 Å². The van der Waals surface area contributed by atoms with Gasteiger partial charge in [-0.3, -0.25) is 0 Å². The lowest BCUT2D eigenvalue weighted by molar-refractivity contribution is 0.425. The van der Waals surface area contributed by atoms with Crippen molar-refractivity contribution in [3.05, 3.63) is 35.9 Å². The summed E-state index contributed by atoms with van der Waals surface area (Å²) in [5, 5.41) is 3.32. The Balaban J connectivity index is 1.81. The third-order valence-electron chi connectivity index (χ3n) is 3.76. The van der Waals surface area contributed by atoms with Gasteiger partial charge in [0.1, 0.15) is 0 Å². The van der Waals surface area contributed by atoms with Gasteiger partial charge in [0.05, 0.1) is 6.54 Å². The molecule has 98 valence electrons. The maximum absolute atomic E-state index is 5.93. The normalized spacial score (nSPS) is 18.8. The van der Waals surface area contributed by atoms with Gasteiger partial charge in [0.2, 0.25) is 0 Å². The first-order valence-electron chi connectivity index (χ1n) is 6.86. The molecular formula is C15H23N3. The van der Waals surface area contributed by atoms with Gasteiger partial charge >= 0.3 is 0 Å². The number of nitrogens with two attached hydrogens (primary N) is 1. The molecule has 0 unspecified atom stereocenters. The molecule has 0 radical (unpaired) electrons. The van der Waals surface area contributed by atoms with E-state index in [0.29, 0.717) is 18.5 Å². The average Bonchev–Trinajstić information content (AvgIpc) is 2.91. The second-order valence-electron chi connectivity index (χ2n) is 5.16. The maximum Gasteiger partial charge on any atom is 0.189 e. The van der Waals surface area contributed by atoms with Crippen LogP contribution in [0.25, 0.3) is 0 Å². The number of nitrogens with zero attached hydrogens (tertiary/aromatic N) is 1. The van der Waals surface area contributed by atoms with Gasteiger partial charge in [-0.15, -0.1) is 0 Å². The fraction of sp³-hybridized carbons (Fsp3) is 0.533. The van der Waals surface area contributed by atoms with Crippen molar-refractivity contribution < 1.29 is 0 Å². The van der Waals surface area contributed by atoms with Gasteiger partial charge in [-0.05, 0) is 31.2 Å². The predicted octanol–water partition coefficient (Wildman–Crippen LogP) is 2.67. The Kier molecular flexibility index (Phi) is 4.62. The van der Waals surface area contributed by atoms with E-state index >= 15 is 0 Å². The molecule has 0 aromatic heterocycles. The van der Waals surface area contributed by atoms with Crippen molar-refractivity contribution in [3.8, 4) is 0 Å². The van der Waals surface area contributed by atoms with Crippen LogP contribution >= 0.6 is 0 Å². The molecule has 0 spiro atoms. The smallest absolute Gasteiger partial charge is 0.189 e. The number of rotatable bonds is 4. The summed E-state index contributed by atoms with van der Waals surface area (Å²) in [6.45, 7) is 2.86. The van der Waals surface area contributed by atoms with Crippen molar-refractivity contribution >= 4 is 5.96 Å². The highest BCUT2D eigenvalue weighted by Gasteiger charge is 2.21. The van der Waals surface area contributed by atoms with Crippen LogP contribution in [0.3, 0.4) is 0 Å². The summed E-state index contributed by atoms with van der Waals surface area (Å²) in [5.74, 6) is 1.33. The Morgan fingerprint density at radius 1 is 1.33 bits per heavy atom. The first kappa shape index (κ1) is 12.9. The van der Waals surface area contributed by atoms with Crippen LogP contribution in [-0.2, 0) is 6.54 Å². The van der Waals surface area contributed by atoms with Crippen molar-refractivity contribution in [3.63, 3.8) is 0 Å². The molecule has 1 aliphatic rings. The number of nitrogens with one attached hydrogen (secondary N) is 1. The first-order valence-corrected chi connectivity index (χ1v) is 6.86. The zero-order valence-electron chi connectivity index (χ0n) is 11.1. The van der Waals surface area contributed by atoms with Crippen molar-refractivity contribution in [2.75, 3.05) is 0 Å². The molecule has 1 atom stereocenters. The quantitative estimate of drug-likeness (QED) is 0.633. The summed E-state index contributed by atoms with van der Waals surface area (Å²) in [6, 6.07) is 10.6. The molecule has 0 aliphatic heterocycles. The molecule has 2 rings (SSSR count). The van der Waals surface area contributed by atoms with E-state index in [0.717, 1.165) is 5.92 Å². The highest BCUT2D eigenvalue weighted by Crippen LogP contribution is 2.27. The highest BCUT2D eigenvalue weighted by atomic mass is 15.1. The van der Waals surface area contributed by atoms with Crippen LogP contribution in [0.5, 0.6) is 0 Å². The largest absolute Gasteiger partial charge is 0.370 e. The third kappa shape index (κ3) is 3.76. The average molecular weight is 245 g/mol. The van der Waals surface area contributed by atoms with Crippen LogP contribution in [0.2, 0.25) is 0 Å². The molecule has 1 saturated carbocycles. The SMILES string of the molecule is C[C@@H](NC(N)=NCc1ccccc1)C1CCCC1. The van der Waals surface area contributed by atoms with E-state index in [4.69, 9.17) is 5.73 Å². The van der Waals surface area contributed by atoms with Gasteiger partial charge in [0.25, 0.3) is 0 Å². The van der Waals surface area contributed by atoms with Gasteiger partial charge in [-0.1, -0.05) is 43.2 Å². The molecule has 1 aliphatic carbocycles. The maximum atomic E-state index is 5.93. The van der Waals surface area contributed by atoms with Gasteiger partial charge in [0, 0.05) is 6.04 Å².